The van der Waals surface area contributed by atoms with Crippen LogP contribution in [-0.2, 0) is 10.8 Å². The van der Waals surface area contributed by atoms with Crippen LogP contribution in [0.5, 0.6) is 0 Å². The largest absolute Gasteiger partial charge is 0.456 e. The monoisotopic (exact) mass is 822 g/mol. The topological polar surface area (TPSA) is 19.6 Å². The number of hydrogen-bond donors (Lipinski definition) is 0. The van der Waals surface area contributed by atoms with Gasteiger partial charge in [0.15, 0.2) is 0 Å². The number of rotatable bonds is 2. The minimum atomic E-state index is -0.389. The van der Waals surface area contributed by atoms with E-state index in [1.165, 1.54) is 98.9 Å². The van der Waals surface area contributed by atoms with Crippen LogP contribution in [0, 0.1) is 0 Å². The first-order chi connectivity index (χ1) is 31.1. The SMILES string of the molecule is CC1(C)c2cc3c(cc2-c2cc4c5ccccc5c5ccccc5c4cc21)C(C)(C)c1ccccc1N3c1cccc(N2c3ccccc3C3C=c4c(oc5ccccc45)=CC32C)c1. The molecule has 2 aliphatic heterocycles. The van der Waals surface area contributed by atoms with Crippen molar-refractivity contribution >= 4 is 83.9 Å². The summed E-state index contributed by atoms with van der Waals surface area (Å²) < 4.78 is 6.58. The Kier molecular flexibility index (Phi) is 6.90. The van der Waals surface area contributed by atoms with Gasteiger partial charge in [-0.2, -0.15) is 0 Å². The Balaban J connectivity index is 0.973. The average molecular weight is 823 g/mol. The lowest BCUT2D eigenvalue weighted by atomic mass is 9.72. The number of hydrogen-bond acceptors (Lipinski definition) is 3. The highest BCUT2D eigenvalue weighted by molar-refractivity contribution is 6.26. The van der Waals surface area contributed by atoms with Crippen LogP contribution in [0.25, 0.3) is 66.6 Å². The normalized spacial score (nSPS) is 19.4. The van der Waals surface area contributed by atoms with Gasteiger partial charge in [0.05, 0.1) is 16.9 Å². The second kappa shape index (κ2) is 12.2. The van der Waals surface area contributed by atoms with E-state index in [1.807, 2.05) is 0 Å². The van der Waals surface area contributed by atoms with Gasteiger partial charge < -0.3 is 14.2 Å². The van der Waals surface area contributed by atoms with Gasteiger partial charge in [0.2, 0.25) is 0 Å². The predicted octanol–water partition coefficient (Wildman–Crippen LogP) is 14.6. The smallest absolute Gasteiger partial charge is 0.135 e. The molecule has 3 heteroatoms. The molecular formula is C61H46N2O. The average Bonchev–Trinajstić information content (AvgIpc) is 3.88. The standard InChI is InChI=1S/C61H46N2O/c1-59(2)49-25-12-14-27-55(49)62(36-17-16-18-37(29-36)63-54-26-13-10-24-43(54)52-33-48-42-23-11-15-28-57(42)64-58(48)35-61(52,63)5)56-34-51-47(32-53(56)59)46-30-44-40-21-8-6-19-38(40)39-20-7-9-22-41(39)45(44)31-50(46)60(51,3)4/h6-35,52H,1-5H3. The van der Waals surface area contributed by atoms with Gasteiger partial charge in [-0.25, -0.2) is 0 Å². The number of fused-ring (bicyclic) bond motifs is 17. The minimum absolute atomic E-state index is 0.150. The molecule has 0 saturated heterocycles. The zero-order chi connectivity index (χ0) is 42.9. The van der Waals surface area contributed by atoms with Crippen molar-refractivity contribution in [1.82, 2.24) is 0 Å². The zero-order valence-corrected chi connectivity index (χ0v) is 36.7. The Morgan fingerprint density at radius 3 is 1.78 bits per heavy atom. The summed E-state index contributed by atoms with van der Waals surface area (Å²) in [5.41, 5.74) is 16.5. The molecule has 1 aromatic heterocycles. The molecule has 0 spiro atoms. The summed E-state index contributed by atoms with van der Waals surface area (Å²) in [5.74, 6) is 0.150. The molecule has 0 fully saturated rings. The maximum Gasteiger partial charge on any atom is 0.135 e. The molecule has 2 aliphatic carbocycles. The van der Waals surface area contributed by atoms with Crippen molar-refractivity contribution < 1.29 is 4.42 Å². The third-order valence-corrected chi connectivity index (χ3v) is 15.8. The molecular weight excluding hydrogens is 777 g/mol. The Morgan fingerprint density at radius 1 is 0.438 bits per heavy atom. The van der Waals surface area contributed by atoms with E-state index >= 15 is 0 Å². The van der Waals surface area contributed by atoms with E-state index in [0.717, 1.165) is 22.4 Å². The molecule has 2 atom stereocenters. The van der Waals surface area contributed by atoms with Gasteiger partial charge in [-0.15, -0.1) is 0 Å². The molecule has 0 radical (unpaired) electrons. The molecule has 64 heavy (non-hydrogen) atoms. The van der Waals surface area contributed by atoms with Crippen LogP contribution >= 0.6 is 0 Å². The molecule has 0 bridgehead atoms. The molecule has 3 heterocycles. The summed E-state index contributed by atoms with van der Waals surface area (Å²) in [6.45, 7) is 12.1. The fourth-order valence-corrected chi connectivity index (χ4v) is 12.7. The summed E-state index contributed by atoms with van der Waals surface area (Å²) in [5, 5.41) is 10.3. The van der Waals surface area contributed by atoms with Crippen LogP contribution in [0.15, 0.2) is 174 Å². The fraction of sp³-hybridized carbons (Fsp3) is 0.148. The molecule has 2 unspecified atom stereocenters. The van der Waals surface area contributed by atoms with Gasteiger partial charge >= 0.3 is 0 Å². The van der Waals surface area contributed by atoms with E-state index in [0.29, 0.717) is 0 Å². The summed E-state index contributed by atoms with van der Waals surface area (Å²) in [7, 11) is 0. The van der Waals surface area contributed by atoms with E-state index < -0.39 is 0 Å². The quantitative estimate of drug-likeness (QED) is 0.162. The molecule has 306 valence electrons. The highest BCUT2D eigenvalue weighted by atomic mass is 16.3. The number of furan rings is 1. The van der Waals surface area contributed by atoms with Crippen molar-refractivity contribution in [2.45, 2.75) is 56.9 Å². The Bertz CT molecular complexity index is 3850. The van der Waals surface area contributed by atoms with Gasteiger partial charge in [0, 0.05) is 44.4 Å². The first-order valence-electron chi connectivity index (χ1n) is 22.8. The van der Waals surface area contributed by atoms with Gasteiger partial charge in [-0.3, -0.25) is 0 Å². The number of anilines is 5. The maximum absolute atomic E-state index is 6.58. The van der Waals surface area contributed by atoms with Gasteiger partial charge in [0.1, 0.15) is 11.0 Å². The third kappa shape index (κ3) is 4.51. The molecule has 9 aromatic carbocycles. The Labute approximate surface area is 372 Å². The number of benzene rings is 9. The lowest BCUT2D eigenvalue weighted by Crippen LogP contribution is -2.46. The molecule has 14 rings (SSSR count). The Hall–Kier alpha value is -7.36. The number of para-hydroxylation sites is 3. The molecule has 3 nitrogen and oxygen atoms in total. The second-order valence-electron chi connectivity index (χ2n) is 19.9. The second-order valence-corrected chi connectivity index (χ2v) is 19.9. The van der Waals surface area contributed by atoms with Gasteiger partial charge in [-0.05, 0) is 145 Å². The minimum Gasteiger partial charge on any atom is -0.456 e. The first kappa shape index (κ1) is 36.2. The summed E-state index contributed by atoms with van der Waals surface area (Å²) in [4.78, 5) is 5.11. The van der Waals surface area contributed by atoms with E-state index in [1.54, 1.807) is 0 Å². The van der Waals surface area contributed by atoms with Crippen molar-refractivity contribution in [1.29, 1.82) is 0 Å². The van der Waals surface area contributed by atoms with E-state index in [-0.39, 0.29) is 22.3 Å². The zero-order valence-electron chi connectivity index (χ0n) is 36.7. The fourth-order valence-electron chi connectivity index (χ4n) is 12.7. The summed E-state index contributed by atoms with van der Waals surface area (Å²) in [6, 6.07) is 63.7. The van der Waals surface area contributed by atoms with Crippen LogP contribution in [0.3, 0.4) is 0 Å². The third-order valence-electron chi connectivity index (χ3n) is 15.8. The van der Waals surface area contributed by atoms with E-state index in [2.05, 4.69) is 226 Å². The maximum atomic E-state index is 6.58. The lowest BCUT2D eigenvalue weighted by molar-refractivity contribution is 0.536. The van der Waals surface area contributed by atoms with Crippen LogP contribution < -0.4 is 20.4 Å². The Morgan fingerprint density at radius 2 is 1.02 bits per heavy atom. The van der Waals surface area contributed by atoms with Crippen LogP contribution in [-0.4, -0.2) is 5.54 Å². The molecule has 0 N–H and O–H groups in total. The molecule has 0 saturated carbocycles. The van der Waals surface area contributed by atoms with Crippen molar-refractivity contribution in [3.63, 3.8) is 0 Å². The van der Waals surface area contributed by atoms with E-state index in [9.17, 15) is 0 Å². The van der Waals surface area contributed by atoms with Crippen molar-refractivity contribution in [2.75, 3.05) is 9.80 Å². The van der Waals surface area contributed by atoms with Crippen LogP contribution in [0.1, 0.15) is 68.4 Å². The molecule has 0 amide bonds. The van der Waals surface area contributed by atoms with Gasteiger partial charge in [-0.1, -0.05) is 143 Å². The lowest BCUT2D eigenvalue weighted by Gasteiger charge is -2.43. The van der Waals surface area contributed by atoms with E-state index in [4.69, 9.17) is 4.42 Å². The first-order valence-corrected chi connectivity index (χ1v) is 22.8. The highest BCUT2D eigenvalue weighted by Crippen LogP contribution is 2.60. The molecule has 10 aromatic rings. The van der Waals surface area contributed by atoms with Crippen molar-refractivity contribution in [3.05, 3.63) is 208 Å². The molecule has 4 aliphatic rings. The van der Waals surface area contributed by atoms with Crippen LogP contribution in [0.4, 0.5) is 28.4 Å². The predicted molar refractivity (Wildman–Crippen MR) is 267 cm³/mol. The van der Waals surface area contributed by atoms with Crippen molar-refractivity contribution in [3.8, 4) is 11.1 Å². The highest BCUT2D eigenvalue weighted by Gasteiger charge is 2.49. The number of nitrogens with zero attached hydrogens (tertiary/aromatic N) is 2. The van der Waals surface area contributed by atoms with Gasteiger partial charge in [0.25, 0.3) is 0 Å². The summed E-state index contributed by atoms with van der Waals surface area (Å²) in [6.07, 6.45) is 4.84. The summed E-state index contributed by atoms with van der Waals surface area (Å²) >= 11 is 0. The van der Waals surface area contributed by atoms with Crippen molar-refractivity contribution in [2.24, 2.45) is 0 Å². The van der Waals surface area contributed by atoms with Crippen LogP contribution in [0.2, 0.25) is 0 Å².